The van der Waals surface area contributed by atoms with Gasteiger partial charge in [-0.05, 0) is 18.2 Å². The van der Waals surface area contributed by atoms with E-state index in [0.29, 0.717) is 4.57 Å². The molecule has 2 N–H and O–H groups in total. The number of imidazole rings is 1. The maximum atomic E-state index is 13.1. The molecule has 0 atom stereocenters. The van der Waals surface area contributed by atoms with Crippen LogP contribution in [-0.2, 0) is 6.18 Å². The smallest absolute Gasteiger partial charge is 0.364 e. The lowest BCUT2D eigenvalue weighted by atomic mass is 10.2. The van der Waals surface area contributed by atoms with Crippen LogP contribution in [0.15, 0.2) is 24.5 Å². The van der Waals surface area contributed by atoms with Crippen molar-refractivity contribution in [2.75, 3.05) is 0 Å². The summed E-state index contributed by atoms with van der Waals surface area (Å²) in [6.07, 6.45) is -3.98. The number of primary amides is 1. The molecule has 0 aliphatic carbocycles. The molecule has 4 nitrogen and oxygen atoms in total. The second-order valence-corrected chi connectivity index (χ2v) is 4.61. The van der Waals surface area contributed by atoms with Gasteiger partial charge in [0.15, 0.2) is 11.4 Å². The van der Waals surface area contributed by atoms with E-state index in [1.807, 2.05) is 0 Å². The van der Waals surface area contributed by atoms with E-state index < -0.39 is 23.5 Å². The van der Waals surface area contributed by atoms with Crippen molar-refractivity contribution in [1.29, 1.82) is 0 Å². The van der Waals surface area contributed by atoms with Crippen LogP contribution in [0.2, 0.25) is 10.0 Å². The first-order valence-electron chi connectivity index (χ1n) is 5.11. The number of rotatable bonds is 2. The largest absolute Gasteiger partial charge is 0.434 e. The van der Waals surface area contributed by atoms with Gasteiger partial charge in [0, 0.05) is 5.02 Å². The molecule has 0 radical (unpaired) electrons. The van der Waals surface area contributed by atoms with Crippen LogP contribution in [0, 0.1) is 0 Å². The first kappa shape index (κ1) is 14.7. The van der Waals surface area contributed by atoms with Gasteiger partial charge in [0.2, 0.25) is 0 Å². The minimum Gasteiger partial charge on any atom is -0.364 e. The highest BCUT2D eigenvalue weighted by molar-refractivity contribution is 6.35. The fraction of sp³-hybridized carbons (Fsp3) is 0.0909. The number of aromatic nitrogens is 2. The van der Waals surface area contributed by atoms with Gasteiger partial charge in [-0.25, -0.2) is 4.98 Å². The van der Waals surface area contributed by atoms with Crippen molar-refractivity contribution in [3.8, 4) is 5.69 Å². The van der Waals surface area contributed by atoms with Crippen molar-refractivity contribution in [2.45, 2.75) is 6.18 Å². The summed E-state index contributed by atoms with van der Waals surface area (Å²) in [6, 6.07) is 3.93. The molecule has 0 saturated carbocycles. The number of hydrogen-bond donors (Lipinski definition) is 1. The molecule has 1 heterocycles. The Morgan fingerprint density at radius 3 is 2.45 bits per heavy atom. The Hall–Kier alpha value is -1.73. The molecular formula is C11H6Cl2F3N3O. The quantitative estimate of drug-likeness (QED) is 0.921. The number of nitrogens with zero attached hydrogens (tertiary/aromatic N) is 2. The van der Waals surface area contributed by atoms with E-state index in [9.17, 15) is 18.0 Å². The number of benzene rings is 1. The third-order valence-corrected chi connectivity index (χ3v) is 2.98. The van der Waals surface area contributed by atoms with E-state index in [1.54, 1.807) is 0 Å². The maximum absolute atomic E-state index is 13.1. The average molecular weight is 324 g/mol. The zero-order chi connectivity index (χ0) is 15.1. The number of halogens is 5. The molecule has 0 bridgehead atoms. The van der Waals surface area contributed by atoms with E-state index in [-0.39, 0.29) is 15.7 Å². The third-order valence-electron chi connectivity index (χ3n) is 2.44. The predicted molar refractivity (Wildman–Crippen MR) is 67.1 cm³/mol. The van der Waals surface area contributed by atoms with Crippen LogP contribution < -0.4 is 5.73 Å². The minimum absolute atomic E-state index is 0.0107. The van der Waals surface area contributed by atoms with E-state index in [2.05, 4.69) is 4.98 Å². The zero-order valence-corrected chi connectivity index (χ0v) is 11.1. The van der Waals surface area contributed by atoms with Crippen molar-refractivity contribution < 1.29 is 18.0 Å². The van der Waals surface area contributed by atoms with Crippen LogP contribution in [0.3, 0.4) is 0 Å². The molecule has 0 aliphatic heterocycles. The molecular weight excluding hydrogens is 318 g/mol. The summed E-state index contributed by atoms with van der Waals surface area (Å²) in [5.74, 6) is -1.28. The SMILES string of the molecule is NC(=O)c1ncn(-c2ccc(Cl)cc2Cl)c1C(F)(F)F. The van der Waals surface area contributed by atoms with Gasteiger partial charge in [-0.1, -0.05) is 23.2 Å². The van der Waals surface area contributed by atoms with E-state index in [0.717, 1.165) is 6.33 Å². The van der Waals surface area contributed by atoms with Crippen molar-refractivity contribution in [1.82, 2.24) is 9.55 Å². The highest BCUT2D eigenvalue weighted by Gasteiger charge is 2.40. The molecule has 0 fully saturated rings. The maximum Gasteiger partial charge on any atom is 0.434 e. The van der Waals surface area contributed by atoms with E-state index >= 15 is 0 Å². The van der Waals surface area contributed by atoms with Crippen LogP contribution in [0.4, 0.5) is 13.2 Å². The zero-order valence-electron chi connectivity index (χ0n) is 9.58. The van der Waals surface area contributed by atoms with Crippen LogP contribution in [0.1, 0.15) is 16.2 Å². The Morgan fingerprint density at radius 1 is 1.30 bits per heavy atom. The first-order valence-corrected chi connectivity index (χ1v) is 5.87. The molecule has 9 heteroatoms. The van der Waals surface area contributed by atoms with Gasteiger partial charge in [-0.3, -0.25) is 9.36 Å². The van der Waals surface area contributed by atoms with Crippen LogP contribution in [-0.4, -0.2) is 15.5 Å². The van der Waals surface area contributed by atoms with E-state index in [4.69, 9.17) is 28.9 Å². The summed E-state index contributed by atoms with van der Waals surface area (Å²) in [5.41, 5.74) is 2.73. The lowest BCUT2D eigenvalue weighted by Crippen LogP contribution is -2.21. The predicted octanol–water partition coefficient (Wildman–Crippen LogP) is 3.30. The third kappa shape index (κ3) is 2.59. The lowest BCUT2D eigenvalue weighted by molar-refractivity contribution is -0.142. The summed E-state index contributed by atoms with van der Waals surface area (Å²) < 4.78 is 39.8. The Bertz CT molecular complexity index is 682. The van der Waals surface area contributed by atoms with Crippen LogP contribution in [0.5, 0.6) is 0 Å². The number of nitrogens with two attached hydrogens (primary N) is 1. The number of hydrogen-bond acceptors (Lipinski definition) is 2. The van der Waals surface area contributed by atoms with Crippen molar-refractivity contribution in [3.05, 3.63) is 46.0 Å². The molecule has 0 aliphatic rings. The number of carbonyl (C=O) groups is 1. The number of alkyl halides is 3. The van der Waals surface area contributed by atoms with E-state index in [1.165, 1.54) is 18.2 Å². The lowest BCUT2D eigenvalue weighted by Gasteiger charge is -2.13. The van der Waals surface area contributed by atoms with Gasteiger partial charge in [-0.2, -0.15) is 13.2 Å². The fourth-order valence-corrected chi connectivity index (χ4v) is 2.16. The van der Waals surface area contributed by atoms with Gasteiger partial charge in [-0.15, -0.1) is 0 Å². The summed E-state index contributed by atoms with van der Waals surface area (Å²) in [4.78, 5) is 14.4. The molecule has 20 heavy (non-hydrogen) atoms. The molecule has 2 aromatic rings. The molecule has 106 valence electrons. The topological polar surface area (TPSA) is 60.9 Å². The molecule has 0 saturated heterocycles. The Balaban J connectivity index is 2.72. The highest BCUT2D eigenvalue weighted by Crippen LogP contribution is 2.35. The molecule has 0 spiro atoms. The molecule has 1 amide bonds. The highest BCUT2D eigenvalue weighted by atomic mass is 35.5. The second-order valence-electron chi connectivity index (χ2n) is 3.77. The van der Waals surface area contributed by atoms with Gasteiger partial charge in [0.1, 0.15) is 6.33 Å². The van der Waals surface area contributed by atoms with Crippen molar-refractivity contribution >= 4 is 29.1 Å². The molecule has 1 aromatic carbocycles. The van der Waals surface area contributed by atoms with Crippen molar-refractivity contribution in [2.24, 2.45) is 5.73 Å². The monoisotopic (exact) mass is 323 g/mol. The van der Waals surface area contributed by atoms with Gasteiger partial charge in [0.25, 0.3) is 5.91 Å². The normalized spacial score (nSPS) is 11.7. The van der Waals surface area contributed by atoms with Gasteiger partial charge < -0.3 is 5.73 Å². The summed E-state index contributed by atoms with van der Waals surface area (Å²) >= 11 is 11.5. The molecule has 0 unspecified atom stereocenters. The second kappa shape index (κ2) is 4.99. The van der Waals surface area contributed by atoms with Crippen LogP contribution >= 0.6 is 23.2 Å². The summed E-state index contributed by atoms with van der Waals surface area (Å²) in [6.45, 7) is 0. The molecule has 2 rings (SSSR count). The Labute approximate surface area is 120 Å². The first-order chi connectivity index (χ1) is 9.21. The number of amides is 1. The van der Waals surface area contributed by atoms with Crippen molar-refractivity contribution in [3.63, 3.8) is 0 Å². The summed E-state index contributed by atoms with van der Waals surface area (Å²) in [7, 11) is 0. The van der Waals surface area contributed by atoms with Gasteiger partial charge >= 0.3 is 6.18 Å². The average Bonchev–Trinajstić information content (AvgIpc) is 2.73. The number of carbonyl (C=O) groups excluding carboxylic acids is 1. The van der Waals surface area contributed by atoms with Gasteiger partial charge in [0.05, 0.1) is 10.7 Å². The fourth-order valence-electron chi connectivity index (χ4n) is 1.66. The van der Waals surface area contributed by atoms with Crippen LogP contribution in [0.25, 0.3) is 5.69 Å². The minimum atomic E-state index is -4.82. The standard InChI is InChI=1S/C11H6Cl2F3N3O/c12-5-1-2-7(6(13)3-5)19-4-18-8(10(17)20)9(19)11(14,15)16/h1-4H,(H2,17,20). The molecule has 1 aromatic heterocycles. The Morgan fingerprint density at radius 2 is 1.95 bits per heavy atom. The Kier molecular flexibility index (Phi) is 3.66. The summed E-state index contributed by atoms with van der Waals surface area (Å²) in [5, 5.41) is 0.249.